The molecule has 0 aromatic rings. The summed E-state index contributed by atoms with van der Waals surface area (Å²) in [6.45, 7) is 6.45. The standard InChI is InChI=1S/C57H94O6/c1-4-7-10-13-16-19-22-25-27-28-30-32-35-38-41-44-47-50-56(59)62-53-54(52-61-55(58)49-46-43-40-37-34-31-24-21-18-15-12-9-6-3)63-57(60)51-48-45-42-39-36-33-29-26-23-20-17-14-11-8-5-2/h16-17,19-20,23,25-27,30-32,34,38,40-41,43,54H,4-15,18,21-22,24,28-29,33,35-37,39,42,44-53H2,1-3H3/b19-16+,20-17+,26-23+,27-25+,32-30+,34-31+,41-38+,43-40+. The summed E-state index contributed by atoms with van der Waals surface area (Å²) in [7, 11) is 0. The van der Waals surface area contributed by atoms with Crippen LogP contribution in [-0.2, 0) is 28.6 Å². The van der Waals surface area contributed by atoms with Crippen LogP contribution in [0.3, 0.4) is 0 Å². The van der Waals surface area contributed by atoms with Crippen LogP contribution < -0.4 is 0 Å². The normalized spacial score (nSPS) is 12.9. The number of unbranched alkanes of at least 4 members (excludes halogenated alkanes) is 19. The summed E-state index contributed by atoms with van der Waals surface area (Å²) >= 11 is 0. The van der Waals surface area contributed by atoms with Gasteiger partial charge in [0.15, 0.2) is 6.10 Å². The number of ether oxygens (including phenoxy) is 3. The third kappa shape index (κ3) is 49.2. The maximum absolute atomic E-state index is 12.8. The van der Waals surface area contributed by atoms with Gasteiger partial charge in [-0.1, -0.05) is 201 Å². The van der Waals surface area contributed by atoms with Gasteiger partial charge in [-0.2, -0.15) is 0 Å². The van der Waals surface area contributed by atoms with Crippen molar-refractivity contribution in [3.05, 3.63) is 97.2 Å². The number of hydrogen-bond acceptors (Lipinski definition) is 6. The van der Waals surface area contributed by atoms with Crippen molar-refractivity contribution in [1.82, 2.24) is 0 Å². The lowest BCUT2D eigenvalue weighted by atomic mass is 10.1. The molecule has 1 unspecified atom stereocenters. The maximum atomic E-state index is 12.8. The van der Waals surface area contributed by atoms with Crippen LogP contribution in [0.1, 0.15) is 226 Å². The molecule has 0 aliphatic carbocycles. The van der Waals surface area contributed by atoms with Gasteiger partial charge in [0.25, 0.3) is 0 Å². The van der Waals surface area contributed by atoms with Crippen molar-refractivity contribution in [1.29, 1.82) is 0 Å². The number of rotatable bonds is 45. The molecule has 0 radical (unpaired) electrons. The Labute approximate surface area is 387 Å². The third-order valence-electron chi connectivity index (χ3n) is 10.6. The predicted molar refractivity (Wildman–Crippen MR) is 270 cm³/mol. The Morgan fingerprint density at radius 3 is 1.16 bits per heavy atom. The summed E-state index contributed by atoms with van der Waals surface area (Å²) in [5.41, 5.74) is 0. The fraction of sp³-hybridized carbons (Fsp3) is 0.667. The molecule has 1 atom stereocenters. The minimum absolute atomic E-state index is 0.129. The van der Waals surface area contributed by atoms with Gasteiger partial charge in [0.1, 0.15) is 13.2 Å². The highest BCUT2D eigenvalue weighted by atomic mass is 16.6. The Morgan fingerprint density at radius 1 is 0.333 bits per heavy atom. The van der Waals surface area contributed by atoms with Crippen LogP contribution in [0.15, 0.2) is 97.2 Å². The molecule has 0 fully saturated rings. The molecule has 0 heterocycles. The Hall–Kier alpha value is -3.67. The molecule has 6 heteroatoms. The smallest absolute Gasteiger partial charge is 0.306 e. The molecule has 0 aromatic carbocycles. The molecule has 6 nitrogen and oxygen atoms in total. The molecule has 0 aliphatic rings. The van der Waals surface area contributed by atoms with Gasteiger partial charge < -0.3 is 14.2 Å². The van der Waals surface area contributed by atoms with Gasteiger partial charge in [0.2, 0.25) is 0 Å². The first-order valence-electron chi connectivity index (χ1n) is 25.8. The first-order valence-corrected chi connectivity index (χ1v) is 25.8. The Balaban J connectivity index is 4.57. The lowest BCUT2D eigenvalue weighted by Gasteiger charge is -2.18. The molecule has 0 saturated heterocycles. The van der Waals surface area contributed by atoms with Crippen LogP contribution in [-0.4, -0.2) is 37.2 Å². The molecule has 0 amide bonds. The summed E-state index contributed by atoms with van der Waals surface area (Å²) < 4.78 is 16.7. The van der Waals surface area contributed by atoms with Gasteiger partial charge in [-0.15, -0.1) is 0 Å². The van der Waals surface area contributed by atoms with Crippen molar-refractivity contribution in [2.45, 2.75) is 232 Å². The third-order valence-corrected chi connectivity index (χ3v) is 10.6. The molecule has 358 valence electrons. The second-order valence-corrected chi connectivity index (χ2v) is 16.7. The summed E-state index contributed by atoms with van der Waals surface area (Å²) in [5.74, 6) is -1.06. The van der Waals surface area contributed by atoms with E-state index in [2.05, 4.69) is 112 Å². The van der Waals surface area contributed by atoms with E-state index in [-0.39, 0.29) is 44.0 Å². The van der Waals surface area contributed by atoms with Crippen LogP contribution in [0.25, 0.3) is 0 Å². The zero-order valence-electron chi connectivity index (χ0n) is 40.8. The molecular formula is C57H94O6. The highest BCUT2D eigenvalue weighted by Gasteiger charge is 2.19. The average Bonchev–Trinajstić information content (AvgIpc) is 3.28. The van der Waals surface area contributed by atoms with Gasteiger partial charge >= 0.3 is 17.9 Å². The lowest BCUT2D eigenvalue weighted by molar-refractivity contribution is -0.166. The van der Waals surface area contributed by atoms with Crippen LogP contribution >= 0.6 is 0 Å². The van der Waals surface area contributed by atoms with Crippen molar-refractivity contribution in [2.24, 2.45) is 0 Å². The van der Waals surface area contributed by atoms with E-state index in [1.54, 1.807) is 0 Å². The largest absolute Gasteiger partial charge is 0.462 e. The fourth-order valence-electron chi connectivity index (χ4n) is 6.65. The minimum Gasteiger partial charge on any atom is -0.462 e. The van der Waals surface area contributed by atoms with Gasteiger partial charge in [0, 0.05) is 19.3 Å². The van der Waals surface area contributed by atoms with Crippen LogP contribution in [0, 0.1) is 0 Å². The molecule has 63 heavy (non-hydrogen) atoms. The van der Waals surface area contributed by atoms with Gasteiger partial charge in [0.05, 0.1) is 0 Å². The van der Waals surface area contributed by atoms with E-state index < -0.39 is 6.10 Å². The summed E-state index contributed by atoms with van der Waals surface area (Å²) in [4.78, 5) is 37.9. The highest BCUT2D eigenvalue weighted by molar-refractivity contribution is 5.71. The van der Waals surface area contributed by atoms with Crippen LogP contribution in [0.4, 0.5) is 0 Å². The van der Waals surface area contributed by atoms with E-state index in [0.29, 0.717) is 19.3 Å². The summed E-state index contributed by atoms with van der Waals surface area (Å²) in [6, 6.07) is 0. The van der Waals surface area contributed by atoms with Gasteiger partial charge in [-0.25, -0.2) is 0 Å². The van der Waals surface area contributed by atoms with Crippen molar-refractivity contribution < 1.29 is 28.6 Å². The number of hydrogen-bond donors (Lipinski definition) is 0. The lowest BCUT2D eigenvalue weighted by Crippen LogP contribution is -2.30. The Kier molecular flexibility index (Phi) is 48.0. The Bertz CT molecular complexity index is 1280. The van der Waals surface area contributed by atoms with E-state index >= 15 is 0 Å². The fourth-order valence-corrected chi connectivity index (χ4v) is 6.65. The van der Waals surface area contributed by atoms with Crippen molar-refractivity contribution >= 4 is 17.9 Å². The molecule has 0 rings (SSSR count). The van der Waals surface area contributed by atoms with E-state index in [9.17, 15) is 14.4 Å². The monoisotopic (exact) mass is 875 g/mol. The summed E-state index contributed by atoms with van der Waals surface area (Å²) in [5, 5.41) is 0. The number of esters is 3. The van der Waals surface area contributed by atoms with E-state index in [1.165, 1.54) is 96.3 Å². The van der Waals surface area contributed by atoms with E-state index in [4.69, 9.17) is 14.2 Å². The first kappa shape index (κ1) is 59.3. The second kappa shape index (κ2) is 51.0. The number of allylic oxidation sites excluding steroid dienone is 16. The van der Waals surface area contributed by atoms with Crippen molar-refractivity contribution in [2.75, 3.05) is 13.2 Å². The zero-order valence-corrected chi connectivity index (χ0v) is 40.8. The van der Waals surface area contributed by atoms with Crippen LogP contribution in [0.2, 0.25) is 0 Å². The predicted octanol–water partition coefficient (Wildman–Crippen LogP) is 17.0. The first-order chi connectivity index (χ1) is 31.0. The van der Waals surface area contributed by atoms with E-state index in [1.807, 2.05) is 6.08 Å². The maximum Gasteiger partial charge on any atom is 0.306 e. The highest BCUT2D eigenvalue weighted by Crippen LogP contribution is 2.12. The second-order valence-electron chi connectivity index (χ2n) is 16.7. The molecule has 0 spiro atoms. The zero-order chi connectivity index (χ0) is 45.8. The molecule has 0 N–H and O–H groups in total. The topological polar surface area (TPSA) is 78.9 Å². The SMILES string of the molecule is CCCCC/C=C/C=C/CCCCCCCCC(=O)OC(COC(=O)CC/C=C/C/C=C/CCCCCCCC)COC(=O)CCC/C=C/C/C=C/C/C=C/C/C=C/CCCCC. The molecule has 0 aromatic heterocycles. The van der Waals surface area contributed by atoms with Gasteiger partial charge in [-0.3, -0.25) is 14.4 Å². The summed E-state index contributed by atoms with van der Waals surface area (Å²) in [6.07, 6.45) is 66.9. The van der Waals surface area contributed by atoms with Crippen LogP contribution in [0.5, 0.6) is 0 Å². The minimum atomic E-state index is -0.828. The van der Waals surface area contributed by atoms with E-state index in [0.717, 1.165) is 77.0 Å². The number of carbonyl (C=O) groups is 3. The molecule has 0 aliphatic heterocycles. The molecular weight excluding hydrogens is 781 g/mol. The number of carbonyl (C=O) groups excluding carboxylic acids is 3. The quantitative estimate of drug-likeness (QED) is 0.0199. The molecule has 0 saturated carbocycles. The Morgan fingerprint density at radius 2 is 0.667 bits per heavy atom. The van der Waals surface area contributed by atoms with Crippen molar-refractivity contribution in [3.8, 4) is 0 Å². The molecule has 0 bridgehead atoms. The van der Waals surface area contributed by atoms with Gasteiger partial charge in [-0.05, 0) is 103 Å². The average molecular weight is 875 g/mol. The van der Waals surface area contributed by atoms with Crippen molar-refractivity contribution in [3.63, 3.8) is 0 Å².